The molecule has 168 valence electrons. The fraction of sp³-hybridized carbons (Fsp3) is 0.474. The van der Waals surface area contributed by atoms with Crippen molar-refractivity contribution in [3.05, 3.63) is 45.5 Å². The van der Waals surface area contributed by atoms with E-state index >= 15 is 0 Å². The summed E-state index contributed by atoms with van der Waals surface area (Å²) in [7, 11) is 0. The summed E-state index contributed by atoms with van der Waals surface area (Å²) >= 11 is 5.61. The molecule has 0 saturated heterocycles. The van der Waals surface area contributed by atoms with Crippen molar-refractivity contribution in [2.45, 2.75) is 44.4 Å². The van der Waals surface area contributed by atoms with Crippen LogP contribution in [0.4, 0.5) is 4.39 Å². The van der Waals surface area contributed by atoms with Gasteiger partial charge in [0, 0.05) is 17.1 Å². The molecular weight excluding hydrogens is 435 g/mol. The number of aromatic nitrogens is 2. The van der Waals surface area contributed by atoms with Gasteiger partial charge in [-0.05, 0) is 38.8 Å². The number of aromatic amines is 1. The lowest BCUT2D eigenvalue weighted by molar-refractivity contribution is -0.131. The number of nitrogens with zero attached hydrogens (tertiary/aromatic N) is 1. The molecule has 12 heteroatoms. The lowest BCUT2D eigenvalue weighted by Gasteiger charge is -2.53. The van der Waals surface area contributed by atoms with Crippen molar-refractivity contribution in [2.75, 3.05) is 13.2 Å². The standard InChI is InChI=1S/C19H22ClFN4O6/c1-18(22-14(26)6-29-8-16-24-25-17(28)31-16)9-19(2,10-18)23-15(27)7-30-11-3-4-12(20)13(21)5-11/h3-5H,6-10H2,1-2H3,(H,22,26)(H,23,27)(H,25,28). The van der Waals surface area contributed by atoms with Gasteiger partial charge in [0.05, 0.1) is 5.02 Å². The summed E-state index contributed by atoms with van der Waals surface area (Å²) in [6, 6.07) is 3.92. The Hall–Kier alpha value is -2.92. The Kier molecular flexibility index (Phi) is 6.65. The first-order valence-corrected chi connectivity index (χ1v) is 9.76. The van der Waals surface area contributed by atoms with E-state index in [2.05, 4.69) is 25.2 Å². The van der Waals surface area contributed by atoms with E-state index in [0.717, 1.165) is 6.07 Å². The van der Waals surface area contributed by atoms with Crippen LogP contribution in [0.1, 0.15) is 32.6 Å². The molecule has 1 aliphatic carbocycles. The van der Waals surface area contributed by atoms with E-state index in [4.69, 9.17) is 21.1 Å². The van der Waals surface area contributed by atoms with E-state index in [1.807, 2.05) is 13.8 Å². The minimum Gasteiger partial charge on any atom is -0.484 e. The van der Waals surface area contributed by atoms with E-state index in [9.17, 15) is 18.8 Å². The molecule has 1 fully saturated rings. The molecule has 31 heavy (non-hydrogen) atoms. The quantitative estimate of drug-likeness (QED) is 0.517. The molecule has 3 N–H and O–H groups in total. The molecule has 2 amide bonds. The van der Waals surface area contributed by atoms with Crippen LogP contribution in [0.3, 0.4) is 0 Å². The van der Waals surface area contributed by atoms with Crippen LogP contribution in [0.2, 0.25) is 5.02 Å². The zero-order chi connectivity index (χ0) is 22.6. The summed E-state index contributed by atoms with van der Waals surface area (Å²) in [6.45, 7) is 3.08. The van der Waals surface area contributed by atoms with Gasteiger partial charge >= 0.3 is 5.76 Å². The van der Waals surface area contributed by atoms with Crippen LogP contribution in [-0.2, 0) is 20.9 Å². The zero-order valence-corrected chi connectivity index (χ0v) is 17.7. The van der Waals surface area contributed by atoms with Crippen LogP contribution in [0.15, 0.2) is 27.4 Å². The van der Waals surface area contributed by atoms with Gasteiger partial charge in [-0.15, -0.1) is 5.10 Å². The van der Waals surface area contributed by atoms with Crippen molar-refractivity contribution in [3.8, 4) is 5.75 Å². The van der Waals surface area contributed by atoms with E-state index in [1.54, 1.807) is 0 Å². The Morgan fingerprint density at radius 1 is 1.23 bits per heavy atom. The predicted octanol–water partition coefficient (Wildman–Crippen LogP) is 1.29. The molecule has 1 aromatic heterocycles. The number of benzene rings is 1. The van der Waals surface area contributed by atoms with E-state index in [-0.39, 0.29) is 48.3 Å². The number of hydrogen-bond acceptors (Lipinski definition) is 7. The number of carbonyl (C=O) groups excluding carboxylic acids is 2. The number of amides is 2. The van der Waals surface area contributed by atoms with Crippen LogP contribution in [0.25, 0.3) is 0 Å². The molecule has 10 nitrogen and oxygen atoms in total. The summed E-state index contributed by atoms with van der Waals surface area (Å²) < 4.78 is 28.5. The van der Waals surface area contributed by atoms with Gasteiger partial charge in [-0.25, -0.2) is 14.3 Å². The van der Waals surface area contributed by atoms with E-state index in [0.29, 0.717) is 12.8 Å². The van der Waals surface area contributed by atoms with Gasteiger partial charge in [0.25, 0.3) is 5.91 Å². The molecule has 3 rings (SSSR count). The number of H-pyrrole nitrogens is 1. The average molecular weight is 457 g/mol. The number of ether oxygens (including phenoxy) is 2. The Balaban J connectivity index is 1.38. The van der Waals surface area contributed by atoms with Crippen molar-refractivity contribution >= 4 is 23.4 Å². The molecule has 1 aromatic carbocycles. The molecule has 0 spiro atoms. The van der Waals surface area contributed by atoms with Crippen LogP contribution >= 0.6 is 11.6 Å². The van der Waals surface area contributed by atoms with Crippen molar-refractivity contribution in [1.82, 2.24) is 20.8 Å². The molecule has 2 aromatic rings. The van der Waals surface area contributed by atoms with Gasteiger partial charge in [-0.1, -0.05) is 11.6 Å². The smallest absolute Gasteiger partial charge is 0.434 e. The van der Waals surface area contributed by atoms with Gasteiger partial charge in [-0.2, -0.15) is 0 Å². The zero-order valence-electron chi connectivity index (χ0n) is 16.9. The Labute approximate surface area is 181 Å². The van der Waals surface area contributed by atoms with Gasteiger partial charge in [0.2, 0.25) is 11.8 Å². The first kappa shape index (κ1) is 22.8. The molecule has 1 aliphatic rings. The SMILES string of the molecule is CC1(NC(=O)COCc2n[nH]c(=O)o2)CC(C)(NC(=O)COc2ccc(Cl)c(F)c2)C1. The molecule has 0 unspecified atom stereocenters. The largest absolute Gasteiger partial charge is 0.484 e. The second kappa shape index (κ2) is 9.06. The third-order valence-electron chi connectivity index (χ3n) is 4.65. The Morgan fingerprint density at radius 2 is 1.87 bits per heavy atom. The van der Waals surface area contributed by atoms with Gasteiger partial charge in [-0.3, -0.25) is 9.59 Å². The predicted molar refractivity (Wildman–Crippen MR) is 106 cm³/mol. The molecule has 0 aliphatic heterocycles. The van der Waals surface area contributed by atoms with E-state index < -0.39 is 22.7 Å². The van der Waals surface area contributed by atoms with Crippen molar-refractivity contribution in [1.29, 1.82) is 0 Å². The summed E-state index contributed by atoms with van der Waals surface area (Å²) in [4.78, 5) is 35.1. The monoisotopic (exact) mass is 456 g/mol. The normalized spacial score (nSPS) is 22.5. The average Bonchev–Trinajstić information content (AvgIpc) is 3.06. The molecule has 0 atom stereocenters. The molecular formula is C19H22ClFN4O6. The number of nitrogens with one attached hydrogen (secondary N) is 3. The second-order valence-electron chi connectivity index (χ2n) is 7.94. The Bertz CT molecular complexity index is 1020. The highest BCUT2D eigenvalue weighted by molar-refractivity contribution is 6.30. The number of halogens is 2. The highest BCUT2D eigenvalue weighted by atomic mass is 35.5. The highest BCUT2D eigenvalue weighted by Gasteiger charge is 2.50. The molecule has 0 bridgehead atoms. The lowest BCUT2D eigenvalue weighted by atomic mass is 9.64. The minimum atomic E-state index is -0.697. The van der Waals surface area contributed by atoms with Gasteiger partial charge < -0.3 is 24.5 Å². The maximum Gasteiger partial charge on any atom is 0.434 e. The summed E-state index contributed by atoms with van der Waals surface area (Å²) in [6.07, 6.45) is 1.00. The summed E-state index contributed by atoms with van der Waals surface area (Å²) in [5.41, 5.74) is -1.03. The summed E-state index contributed by atoms with van der Waals surface area (Å²) in [5, 5.41) is 11.4. The lowest BCUT2D eigenvalue weighted by Crippen LogP contribution is -2.69. The fourth-order valence-corrected chi connectivity index (χ4v) is 3.98. The summed E-state index contributed by atoms with van der Waals surface area (Å²) in [5.74, 6) is -1.79. The number of carbonyl (C=O) groups is 2. The first-order valence-electron chi connectivity index (χ1n) is 9.38. The minimum absolute atomic E-state index is 0.0294. The van der Waals surface area contributed by atoms with E-state index in [1.165, 1.54) is 12.1 Å². The van der Waals surface area contributed by atoms with Crippen molar-refractivity contribution < 1.29 is 27.9 Å². The molecule has 0 radical (unpaired) electrons. The van der Waals surface area contributed by atoms with Gasteiger partial charge in [0.1, 0.15) is 24.8 Å². The molecule has 1 heterocycles. The number of hydrogen-bond donors (Lipinski definition) is 3. The van der Waals surface area contributed by atoms with Crippen LogP contribution in [-0.4, -0.2) is 46.3 Å². The Morgan fingerprint density at radius 3 is 2.45 bits per heavy atom. The first-order chi connectivity index (χ1) is 14.6. The highest BCUT2D eigenvalue weighted by Crippen LogP contribution is 2.40. The third kappa shape index (κ3) is 6.28. The van der Waals surface area contributed by atoms with Crippen molar-refractivity contribution in [3.63, 3.8) is 0 Å². The topological polar surface area (TPSA) is 136 Å². The van der Waals surface area contributed by atoms with Gasteiger partial charge in [0.15, 0.2) is 6.61 Å². The fourth-order valence-electron chi connectivity index (χ4n) is 3.86. The maximum atomic E-state index is 13.4. The van der Waals surface area contributed by atoms with Crippen LogP contribution < -0.4 is 21.1 Å². The van der Waals surface area contributed by atoms with Crippen LogP contribution in [0.5, 0.6) is 5.75 Å². The van der Waals surface area contributed by atoms with Crippen LogP contribution in [0, 0.1) is 5.82 Å². The maximum absolute atomic E-state index is 13.4. The number of rotatable bonds is 9. The second-order valence-corrected chi connectivity index (χ2v) is 8.34. The third-order valence-corrected chi connectivity index (χ3v) is 4.95. The molecule has 1 saturated carbocycles. The van der Waals surface area contributed by atoms with Crippen molar-refractivity contribution in [2.24, 2.45) is 0 Å².